The molecule has 0 radical (unpaired) electrons. The Morgan fingerprint density at radius 1 is 1.47 bits per heavy atom. The number of methoxy groups -OCH3 is 1. The van der Waals surface area contributed by atoms with E-state index < -0.39 is 0 Å². The lowest BCUT2D eigenvalue weighted by Gasteiger charge is -2.03. The lowest BCUT2D eigenvalue weighted by Crippen LogP contribution is -2.19. The summed E-state index contributed by atoms with van der Waals surface area (Å²) in [4.78, 5) is 1.24. The molecular weight excluding hydrogens is 210 g/mol. The fourth-order valence-corrected chi connectivity index (χ4v) is 2.09. The van der Waals surface area contributed by atoms with E-state index in [1.54, 1.807) is 13.4 Å². The zero-order valence-corrected chi connectivity index (χ0v) is 10.2. The predicted octanol–water partition coefficient (Wildman–Crippen LogP) is 2.31. The highest BCUT2D eigenvalue weighted by atomic mass is 32.2. The summed E-state index contributed by atoms with van der Waals surface area (Å²) in [5.74, 6) is 2.09. The molecule has 4 heteroatoms. The Bertz CT molecular complexity index is 263. The van der Waals surface area contributed by atoms with E-state index in [0.29, 0.717) is 0 Å². The maximum absolute atomic E-state index is 5.22. The molecule has 0 aliphatic carbocycles. The largest absolute Gasteiger partial charge is 0.468 e. The van der Waals surface area contributed by atoms with Crippen LogP contribution in [0.15, 0.2) is 21.6 Å². The van der Waals surface area contributed by atoms with Crippen molar-refractivity contribution in [2.45, 2.75) is 18.2 Å². The van der Waals surface area contributed by atoms with Gasteiger partial charge in [-0.3, -0.25) is 0 Å². The lowest BCUT2D eigenvalue weighted by molar-refractivity contribution is 0.194. The monoisotopic (exact) mass is 229 g/mol. The number of hydrogen-bond donors (Lipinski definition) is 1. The van der Waals surface area contributed by atoms with Gasteiger partial charge in [0.05, 0.1) is 6.26 Å². The van der Waals surface area contributed by atoms with E-state index in [4.69, 9.17) is 9.15 Å². The summed E-state index contributed by atoms with van der Waals surface area (Å²) in [5, 5.41) is 3.37. The fourth-order valence-electron chi connectivity index (χ4n) is 1.22. The molecule has 0 fully saturated rings. The average molecular weight is 229 g/mol. The minimum Gasteiger partial charge on any atom is -0.468 e. The summed E-state index contributed by atoms with van der Waals surface area (Å²) in [6.07, 6.45) is 2.82. The van der Waals surface area contributed by atoms with Crippen LogP contribution in [0.2, 0.25) is 0 Å². The normalized spacial score (nSPS) is 10.8. The molecule has 1 heterocycles. The number of thioether (sulfide) groups is 1. The zero-order valence-electron chi connectivity index (χ0n) is 9.41. The third-order valence-corrected chi connectivity index (χ3v) is 3.19. The number of ether oxygens (including phenoxy) is 1. The van der Waals surface area contributed by atoms with Gasteiger partial charge in [0.2, 0.25) is 0 Å². The van der Waals surface area contributed by atoms with E-state index in [0.717, 1.165) is 37.6 Å². The molecule has 0 saturated heterocycles. The van der Waals surface area contributed by atoms with Crippen LogP contribution in [0, 0.1) is 6.92 Å². The minimum absolute atomic E-state index is 0.834. The summed E-state index contributed by atoms with van der Waals surface area (Å²) in [5.41, 5.74) is 0. The van der Waals surface area contributed by atoms with Crippen molar-refractivity contribution in [3.63, 3.8) is 0 Å². The van der Waals surface area contributed by atoms with Crippen molar-refractivity contribution in [3.8, 4) is 0 Å². The first-order chi connectivity index (χ1) is 7.34. The van der Waals surface area contributed by atoms with Crippen LogP contribution >= 0.6 is 11.8 Å². The second kappa shape index (κ2) is 7.79. The lowest BCUT2D eigenvalue weighted by atomic mass is 10.4. The number of aryl methyl sites for hydroxylation is 1. The van der Waals surface area contributed by atoms with Gasteiger partial charge in [0.1, 0.15) is 5.76 Å². The second-order valence-corrected chi connectivity index (χ2v) is 4.42. The number of furan rings is 1. The van der Waals surface area contributed by atoms with Crippen molar-refractivity contribution in [1.82, 2.24) is 5.32 Å². The van der Waals surface area contributed by atoms with Crippen LogP contribution in [0.5, 0.6) is 0 Å². The van der Waals surface area contributed by atoms with Crippen LogP contribution < -0.4 is 5.32 Å². The Morgan fingerprint density at radius 3 is 3.00 bits per heavy atom. The Balaban J connectivity index is 1.96. The molecule has 0 amide bonds. The smallest absolute Gasteiger partial charge is 0.114 e. The van der Waals surface area contributed by atoms with Gasteiger partial charge in [-0.2, -0.15) is 0 Å². The van der Waals surface area contributed by atoms with Crippen molar-refractivity contribution in [2.24, 2.45) is 0 Å². The van der Waals surface area contributed by atoms with Crippen LogP contribution in [0.1, 0.15) is 12.2 Å². The predicted molar refractivity (Wildman–Crippen MR) is 63.5 cm³/mol. The van der Waals surface area contributed by atoms with E-state index in [2.05, 4.69) is 5.32 Å². The van der Waals surface area contributed by atoms with Gasteiger partial charge in [-0.25, -0.2) is 0 Å². The van der Waals surface area contributed by atoms with Crippen LogP contribution in [-0.2, 0) is 4.74 Å². The van der Waals surface area contributed by atoms with Crippen molar-refractivity contribution < 1.29 is 9.15 Å². The third kappa shape index (κ3) is 5.25. The standard InChI is InChI=1S/C11H19NO2S/c1-10-11(4-8-14-10)15-9-6-12-5-3-7-13-2/h4,8,12H,3,5-7,9H2,1-2H3. The summed E-state index contributed by atoms with van der Waals surface area (Å²) in [6, 6.07) is 2.02. The van der Waals surface area contributed by atoms with Crippen molar-refractivity contribution >= 4 is 11.8 Å². The third-order valence-electron chi connectivity index (χ3n) is 2.05. The van der Waals surface area contributed by atoms with Crippen LogP contribution in [0.4, 0.5) is 0 Å². The summed E-state index contributed by atoms with van der Waals surface area (Å²) < 4.78 is 10.2. The Morgan fingerprint density at radius 2 is 2.33 bits per heavy atom. The molecule has 1 N–H and O–H groups in total. The van der Waals surface area contributed by atoms with Gasteiger partial charge in [-0.1, -0.05) is 0 Å². The van der Waals surface area contributed by atoms with Crippen LogP contribution in [0.25, 0.3) is 0 Å². The van der Waals surface area contributed by atoms with Gasteiger partial charge in [0.15, 0.2) is 0 Å². The van der Waals surface area contributed by atoms with Gasteiger partial charge in [0.25, 0.3) is 0 Å². The SMILES string of the molecule is COCCCNCCSc1ccoc1C. The first kappa shape index (κ1) is 12.6. The van der Waals surface area contributed by atoms with Gasteiger partial charge < -0.3 is 14.5 Å². The maximum atomic E-state index is 5.22. The average Bonchev–Trinajstić information content (AvgIpc) is 2.63. The van der Waals surface area contributed by atoms with E-state index in [-0.39, 0.29) is 0 Å². The minimum atomic E-state index is 0.834. The first-order valence-corrected chi connectivity index (χ1v) is 6.19. The molecule has 1 aromatic heterocycles. The molecule has 1 aromatic rings. The molecule has 0 bridgehead atoms. The highest BCUT2D eigenvalue weighted by Crippen LogP contribution is 2.22. The second-order valence-electron chi connectivity index (χ2n) is 3.29. The molecule has 0 unspecified atom stereocenters. The van der Waals surface area contributed by atoms with E-state index >= 15 is 0 Å². The molecule has 0 aromatic carbocycles. The van der Waals surface area contributed by atoms with Gasteiger partial charge in [0, 0.05) is 30.9 Å². The van der Waals surface area contributed by atoms with E-state index in [1.807, 2.05) is 24.8 Å². The quantitative estimate of drug-likeness (QED) is 0.548. The van der Waals surface area contributed by atoms with E-state index in [9.17, 15) is 0 Å². The Kier molecular flexibility index (Phi) is 6.55. The summed E-state index contributed by atoms with van der Waals surface area (Å²) in [7, 11) is 1.73. The molecule has 0 atom stereocenters. The Hall–Kier alpha value is -0.450. The molecular formula is C11H19NO2S. The number of hydrogen-bond acceptors (Lipinski definition) is 4. The highest BCUT2D eigenvalue weighted by molar-refractivity contribution is 7.99. The molecule has 0 spiro atoms. The van der Waals surface area contributed by atoms with Gasteiger partial charge >= 0.3 is 0 Å². The first-order valence-electron chi connectivity index (χ1n) is 5.21. The maximum Gasteiger partial charge on any atom is 0.114 e. The molecule has 1 rings (SSSR count). The summed E-state index contributed by atoms with van der Waals surface area (Å²) >= 11 is 1.83. The van der Waals surface area contributed by atoms with E-state index in [1.165, 1.54) is 4.90 Å². The van der Waals surface area contributed by atoms with Crippen LogP contribution in [0.3, 0.4) is 0 Å². The van der Waals surface area contributed by atoms with Crippen molar-refractivity contribution in [3.05, 3.63) is 18.1 Å². The molecule has 86 valence electrons. The molecule has 0 saturated carbocycles. The Labute approximate surface area is 95.6 Å². The number of nitrogens with one attached hydrogen (secondary N) is 1. The number of rotatable bonds is 8. The molecule has 0 aliphatic rings. The summed E-state index contributed by atoms with van der Waals surface area (Å²) in [6.45, 7) is 4.88. The highest BCUT2D eigenvalue weighted by Gasteiger charge is 2.00. The van der Waals surface area contributed by atoms with Gasteiger partial charge in [-0.05, 0) is 26.0 Å². The van der Waals surface area contributed by atoms with Crippen LogP contribution in [-0.4, -0.2) is 32.6 Å². The molecule has 15 heavy (non-hydrogen) atoms. The molecule has 3 nitrogen and oxygen atoms in total. The topological polar surface area (TPSA) is 34.4 Å². The van der Waals surface area contributed by atoms with Crippen molar-refractivity contribution in [2.75, 3.05) is 32.6 Å². The van der Waals surface area contributed by atoms with Crippen molar-refractivity contribution in [1.29, 1.82) is 0 Å². The van der Waals surface area contributed by atoms with Gasteiger partial charge in [-0.15, -0.1) is 11.8 Å². The molecule has 0 aliphatic heterocycles. The fraction of sp³-hybridized carbons (Fsp3) is 0.636. The zero-order chi connectivity index (χ0) is 10.9.